The first kappa shape index (κ1) is 10.8. The van der Waals surface area contributed by atoms with Gasteiger partial charge in [-0.3, -0.25) is 0 Å². The third kappa shape index (κ3) is 3.18. The van der Waals surface area contributed by atoms with Gasteiger partial charge in [0.05, 0.1) is 5.97 Å². The summed E-state index contributed by atoms with van der Waals surface area (Å²) in [5.41, 5.74) is 5.23. The van der Waals surface area contributed by atoms with Crippen LogP contribution in [0, 0.1) is 0 Å². The minimum atomic E-state index is -1.25. The van der Waals surface area contributed by atoms with Gasteiger partial charge in [0, 0.05) is 0 Å². The lowest BCUT2D eigenvalue weighted by atomic mass is 10.2. The lowest BCUT2D eigenvalue weighted by Crippen LogP contribution is -2.22. The molecular weight excluding hydrogens is 200 g/mol. The van der Waals surface area contributed by atoms with E-state index in [1.54, 1.807) is 0 Å². The highest BCUT2D eigenvalue weighted by Crippen LogP contribution is 2.11. The van der Waals surface area contributed by atoms with Gasteiger partial charge in [-0.1, -0.05) is 5.16 Å². The van der Waals surface area contributed by atoms with E-state index >= 15 is 0 Å². The predicted octanol–water partition coefficient (Wildman–Crippen LogP) is -0.825. The van der Waals surface area contributed by atoms with Crippen molar-refractivity contribution in [3.8, 4) is 5.75 Å². The van der Waals surface area contributed by atoms with Crippen LogP contribution in [0.1, 0.15) is 10.4 Å². The third-order valence-electron chi connectivity index (χ3n) is 1.61. The van der Waals surface area contributed by atoms with E-state index in [-0.39, 0.29) is 18.0 Å². The van der Waals surface area contributed by atoms with Crippen LogP contribution in [0.15, 0.2) is 29.4 Å². The highest BCUT2D eigenvalue weighted by atomic mass is 16.5. The molecule has 1 rings (SSSR count). The zero-order valence-corrected chi connectivity index (χ0v) is 7.71. The molecule has 0 unspecified atom stereocenters. The van der Waals surface area contributed by atoms with Crippen molar-refractivity contribution in [3.63, 3.8) is 0 Å². The molecule has 6 heteroatoms. The largest absolute Gasteiger partial charge is 0.545 e. The Bertz CT molecular complexity index is 372. The summed E-state index contributed by atoms with van der Waals surface area (Å²) in [6.07, 6.45) is 0. The van der Waals surface area contributed by atoms with Crippen LogP contribution in [-0.2, 0) is 0 Å². The lowest BCUT2D eigenvalue weighted by Gasteiger charge is -2.06. The van der Waals surface area contributed by atoms with Crippen molar-refractivity contribution in [2.45, 2.75) is 0 Å². The van der Waals surface area contributed by atoms with Crippen molar-refractivity contribution >= 4 is 11.8 Å². The normalized spacial score (nSPS) is 11.1. The summed E-state index contributed by atoms with van der Waals surface area (Å²) in [4.78, 5) is 10.4. The maximum Gasteiger partial charge on any atom is 0.177 e. The maximum atomic E-state index is 10.4. The predicted molar refractivity (Wildman–Crippen MR) is 49.7 cm³/mol. The number of carbonyl (C=O) groups is 1. The number of carboxylic acids is 1. The fraction of sp³-hybridized carbons (Fsp3) is 0.111. The second-order valence-corrected chi connectivity index (χ2v) is 2.69. The molecule has 0 aliphatic carbocycles. The first-order valence-electron chi connectivity index (χ1n) is 4.04. The van der Waals surface area contributed by atoms with E-state index in [0.717, 1.165) is 0 Å². The molecule has 0 atom stereocenters. The number of amidine groups is 1. The fourth-order valence-corrected chi connectivity index (χ4v) is 0.873. The molecule has 15 heavy (non-hydrogen) atoms. The Morgan fingerprint density at radius 1 is 1.47 bits per heavy atom. The van der Waals surface area contributed by atoms with Gasteiger partial charge in [0.25, 0.3) is 0 Å². The van der Waals surface area contributed by atoms with Crippen LogP contribution < -0.4 is 15.6 Å². The molecule has 0 amide bonds. The van der Waals surface area contributed by atoms with Crippen molar-refractivity contribution in [2.75, 3.05) is 6.61 Å². The number of carboxylic acid groups (broad SMARTS) is 1. The van der Waals surface area contributed by atoms with E-state index in [9.17, 15) is 9.90 Å². The molecule has 0 fully saturated rings. The summed E-state index contributed by atoms with van der Waals surface area (Å²) >= 11 is 0. The summed E-state index contributed by atoms with van der Waals surface area (Å²) in [7, 11) is 0. The van der Waals surface area contributed by atoms with E-state index in [4.69, 9.17) is 15.7 Å². The van der Waals surface area contributed by atoms with Crippen molar-refractivity contribution in [1.29, 1.82) is 0 Å². The van der Waals surface area contributed by atoms with Crippen molar-refractivity contribution in [1.82, 2.24) is 0 Å². The third-order valence-corrected chi connectivity index (χ3v) is 1.61. The Balaban J connectivity index is 2.61. The Hall–Kier alpha value is -2.24. The lowest BCUT2D eigenvalue weighted by molar-refractivity contribution is -0.255. The number of ether oxygens (including phenoxy) is 1. The van der Waals surface area contributed by atoms with E-state index in [0.29, 0.717) is 5.75 Å². The van der Waals surface area contributed by atoms with Gasteiger partial charge in [0.15, 0.2) is 5.84 Å². The van der Waals surface area contributed by atoms with Gasteiger partial charge in [0.2, 0.25) is 0 Å². The number of carbonyl (C=O) groups excluding carboxylic acids is 1. The van der Waals surface area contributed by atoms with Gasteiger partial charge in [-0.05, 0) is 29.8 Å². The van der Waals surface area contributed by atoms with Crippen LogP contribution in [0.5, 0.6) is 5.75 Å². The molecule has 80 valence electrons. The topological polar surface area (TPSA) is 108 Å². The van der Waals surface area contributed by atoms with E-state index < -0.39 is 5.97 Å². The smallest absolute Gasteiger partial charge is 0.177 e. The van der Waals surface area contributed by atoms with Gasteiger partial charge in [-0.15, -0.1) is 0 Å². The van der Waals surface area contributed by atoms with E-state index in [1.165, 1.54) is 24.3 Å². The van der Waals surface area contributed by atoms with Crippen LogP contribution in [0.2, 0.25) is 0 Å². The zero-order valence-electron chi connectivity index (χ0n) is 7.71. The van der Waals surface area contributed by atoms with Gasteiger partial charge in [-0.2, -0.15) is 0 Å². The quantitative estimate of drug-likeness (QED) is 0.291. The second kappa shape index (κ2) is 4.85. The number of rotatable bonds is 4. The van der Waals surface area contributed by atoms with Gasteiger partial charge in [-0.25, -0.2) is 0 Å². The van der Waals surface area contributed by atoms with Crippen LogP contribution >= 0.6 is 0 Å². The van der Waals surface area contributed by atoms with E-state index in [1.807, 2.05) is 0 Å². The van der Waals surface area contributed by atoms with Crippen LogP contribution in [0.25, 0.3) is 0 Å². The average molecular weight is 209 g/mol. The fourth-order valence-electron chi connectivity index (χ4n) is 0.873. The first-order chi connectivity index (χ1) is 7.13. The number of nitrogens with zero attached hydrogens (tertiary/aromatic N) is 1. The number of hydrogen-bond acceptors (Lipinski definition) is 5. The monoisotopic (exact) mass is 209 g/mol. The molecule has 6 nitrogen and oxygen atoms in total. The molecule has 0 aliphatic rings. The summed E-state index contributed by atoms with van der Waals surface area (Å²) in [5.74, 6) is -0.899. The minimum absolute atomic E-state index is 0.0612. The van der Waals surface area contributed by atoms with E-state index in [2.05, 4.69) is 5.16 Å². The highest BCUT2D eigenvalue weighted by molar-refractivity contribution is 5.85. The van der Waals surface area contributed by atoms with Gasteiger partial charge in [0.1, 0.15) is 12.4 Å². The molecule has 0 bridgehead atoms. The summed E-state index contributed by atoms with van der Waals surface area (Å²) in [6.45, 7) is -0.0683. The molecule has 0 spiro atoms. The standard InChI is InChI=1S/C9H10N2O4/c10-8(11-14)5-15-7-3-1-6(2-4-7)9(12)13/h1-4,14H,5H2,(H2,10,11)(H,12,13)/p-1. The molecule has 0 saturated carbocycles. The summed E-state index contributed by atoms with van der Waals surface area (Å²) < 4.78 is 5.06. The zero-order chi connectivity index (χ0) is 11.3. The Morgan fingerprint density at radius 3 is 2.53 bits per heavy atom. The molecule has 1 aromatic carbocycles. The Morgan fingerprint density at radius 2 is 2.07 bits per heavy atom. The molecule has 0 saturated heterocycles. The van der Waals surface area contributed by atoms with Crippen molar-refractivity contribution in [2.24, 2.45) is 10.9 Å². The summed E-state index contributed by atoms with van der Waals surface area (Å²) in [5, 5.41) is 21.3. The summed E-state index contributed by atoms with van der Waals surface area (Å²) in [6, 6.07) is 5.60. The molecule has 0 heterocycles. The Labute approximate surface area is 85.6 Å². The van der Waals surface area contributed by atoms with Crippen LogP contribution in [-0.4, -0.2) is 23.6 Å². The second-order valence-electron chi connectivity index (χ2n) is 2.69. The minimum Gasteiger partial charge on any atom is -0.545 e. The molecule has 3 N–H and O–H groups in total. The van der Waals surface area contributed by atoms with Gasteiger partial charge < -0.3 is 25.6 Å². The SMILES string of the molecule is N/C(COc1ccc(C(=O)[O-])cc1)=N/O. The molecule has 0 aromatic heterocycles. The van der Waals surface area contributed by atoms with Gasteiger partial charge >= 0.3 is 0 Å². The number of nitrogens with two attached hydrogens (primary N) is 1. The average Bonchev–Trinajstić information content (AvgIpc) is 2.26. The maximum absolute atomic E-state index is 10.4. The molecule has 0 radical (unpaired) electrons. The number of hydrogen-bond donors (Lipinski definition) is 2. The number of aromatic carboxylic acids is 1. The Kier molecular flexibility index (Phi) is 3.50. The molecule has 1 aromatic rings. The number of benzene rings is 1. The molecule has 0 aliphatic heterocycles. The highest BCUT2D eigenvalue weighted by Gasteiger charge is 1.97. The van der Waals surface area contributed by atoms with Crippen molar-refractivity contribution in [3.05, 3.63) is 29.8 Å². The van der Waals surface area contributed by atoms with Crippen LogP contribution in [0.4, 0.5) is 0 Å². The van der Waals surface area contributed by atoms with Crippen molar-refractivity contribution < 1.29 is 19.8 Å². The van der Waals surface area contributed by atoms with Crippen LogP contribution in [0.3, 0.4) is 0 Å². The number of oxime groups is 1. The molecular formula is C9H9N2O4-. The first-order valence-corrected chi connectivity index (χ1v) is 4.04.